The van der Waals surface area contributed by atoms with Gasteiger partial charge in [0.1, 0.15) is 11.5 Å². The number of hydrogen-bond acceptors (Lipinski definition) is 5. The summed E-state index contributed by atoms with van der Waals surface area (Å²) < 4.78 is 24.9. The van der Waals surface area contributed by atoms with Crippen LogP contribution < -0.4 is 5.56 Å². The molecule has 3 aliphatic rings. The largest absolute Gasteiger partial charge is 0.373 e. The Morgan fingerprint density at radius 3 is 2.81 bits per heavy atom. The Morgan fingerprint density at radius 2 is 2.00 bits per heavy atom. The van der Waals surface area contributed by atoms with Crippen molar-refractivity contribution in [3.8, 4) is 11.3 Å². The van der Waals surface area contributed by atoms with Crippen LogP contribution in [0.1, 0.15) is 85.5 Å². The number of halogens is 2. The summed E-state index contributed by atoms with van der Waals surface area (Å²) in [6.07, 6.45) is 11.1. The van der Waals surface area contributed by atoms with Gasteiger partial charge in [-0.05, 0) is 62.6 Å². The van der Waals surface area contributed by atoms with E-state index in [0.29, 0.717) is 41.9 Å². The van der Waals surface area contributed by atoms with Crippen molar-refractivity contribution in [3.05, 3.63) is 80.5 Å². The molecule has 7 nitrogen and oxygen atoms in total. The van der Waals surface area contributed by atoms with Gasteiger partial charge in [-0.3, -0.25) is 13.9 Å². The summed E-state index contributed by atoms with van der Waals surface area (Å²) in [7, 11) is 0. The van der Waals surface area contributed by atoms with E-state index < -0.39 is 5.82 Å². The van der Waals surface area contributed by atoms with E-state index in [9.17, 15) is 4.79 Å². The van der Waals surface area contributed by atoms with E-state index in [4.69, 9.17) is 26.3 Å². The van der Waals surface area contributed by atoms with E-state index in [0.717, 1.165) is 35.4 Å². The molecule has 9 heteroatoms. The van der Waals surface area contributed by atoms with Crippen LogP contribution in [-0.2, 0) is 11.2 Å². The number of benzene rings is 1. The minimum Gasteiger partial charge on any atom is -0.373 e. The Morgan fingerprint density at radius 1 is 1.14 bits per heavy atom. The zero-order chi connectivity index (χ0) is 25.3. The molecule has 0 N–H and O–H groups in total. The van der Waals surface area contributed by atoms with Crippen molar-refractivity contribution < 1.29 is 9.13 Å². The predicted molar refractivity (Wildman–Crippen MR) is 138 cm³/mol. The molecule has 0 amide bonds. The second kappa shape index (κ2) is 8.74. The van der Waals surface area contributed by atoms with Crippen molar-refractivity contribution in [3.63, 3.8) is 0 Å². The fourth-order valence-electron chi connectivity index (χ4n) is 5.77. The predicted octanol–water partition coefficient (Wildman–Crippen LogP) is 5.77. The number of aromatic nitrogens is 5. The average Bonchev–Trinajstić information content (AvgIpc) is 3.51. The fourth-order valence-corrected chi connectivity index (χ4v) is 5.93. The van der Waals surface area contributed by atoms with Crippen molar-refractivity contribution in [2.45, 2.75) is 69.4 Å². The SMILES string of the molecule is CC1CCc2c1nc1c(-c3ccc(Cl)cc3F)nc([C@@H]3CCO[C@H](c4cnn(C5CC5)c4)C3)cn1c2=O. The molecule has 1 unspecified atom stereocenters. The quantitative estimate of drug-likeness (QED) is 0.342. The maximum absolute atomic E-state index is 15.2. The van der Waals surface area contributed by atoms with Crippen LogP contribution in [0.15, 0.2) is 41.6 Å². The van der Waals surface area contributed by atoms with E-state index in [1.807, 2.05) is 17.1 Å². The number of nitrogens with zero attached hydrogens (tertiary/aromatic N) is 5. The summed E-state index contributed by atoms with van der Waals surface area (Å²) in [5.41, 5.74) is 4.32. The first kappa shape index (κ1) is 23.0. The van der Waals surface area contributed by atoms with Crippen LogP contribution in [0.3, 0.4) is 0 Å². The van der Waals surface area contributed by atoms with Gasteiger partial charge in [-0.1, -0.05) is 18.5 Å². The van der Waals surface area contributed by atoms with E-state index in [1.54, 1.807) is 16.5 Å². The molecule has 4 aromatic rings. The minimum absolute atomic E-state index is 0.0422. The monoisotopic (exact) mass is 519 g/mol. The van der Waals surface area contributed by atoms with Crippen LogP contribution in [0, 0.1) is 5.82 Å². The third kappa shape index (κ3) is 3.97. The molecule has 190 valence electrons. The molecular weight excluding hydrogens is 493 g/mol. The molecule has 7 rings (SSSR count). The maximum atomic E-state index is 15.2. The minimum atomic E-state index is -0.487. The standard InChI is InChI=1S/C28H27ClFN5O2/c1-15-2-6-21-25(15)33-27-26(20-7-3-18(29)11-22(20)30)32-23(14-34(27)28(21)36)16-8-9-37-24(10-16)17-12-31-35(13-17)19-4-5-19/h3,7,11-16,19,24H,2,4-6,8-10H2,1H3/t15?,16-,24+/m1/s1. The Labute approximate surface area is 218 Å². The number of fused-ring (bicyclic) bond motifs is 2. The lowest BCUT2D eigenvalue weighted by Gasteiger charge is -2.29. The third-order valence-corrected chi connectivity index (χ3v) is 8.29. The average molecular weight is 520 g/mol. The zero-order valence-electron chi connectivity index (χ0n) is 20.5. The van der Waals surface area contributed by atoms with E-state index >= 15 is 4.39 Å². The first-order valence-corrected chi connectivity index (χ1v) is 13.4. The van der Waals surface area contributed by atoms with Crippen LogP contribution in [0.2, 0.25) is 5.02 Å². The molecule has 0 radical (unpaired) electrons. The molecule has 0 bridgehead atoms. The number of ether oxygens (including phenoxy) is 1. The lowest BCUT2D eigenvalue weighted by Crippen LogP contribution is -2.24. The Kier molecular flexibility index (Phi) is 5.44. The van der Waals surface area contributed by atoms with Gasteiger partial charge < -0.3 is 4.74 Å². The molecule has 3 atom stereocenters. The summed E-state index contributed by atoms with van der Waals surface area (Å²) in [6.45, 7) is 2.65. The Balaban J connectivity index is 1.35. The molecule has 2 aliphatic carbocycles. The van der Waals surface area contributed by atoms with E-state index in [1.165, 1.54) is 18.9 Å². The van der Waals surface area contributed by atoms with Gasteiger partial charge in [-0.15, -0.1) is 0 Å². The molecular formula is C28H27ClFN5O2. The molecule has 1 aromatic carbocycles. The van der Waals surface area contributed by atoms with Gasteiger partial charge in [-0.2, -0.15) is 5.10 Å². The normalized spacial score (nSPS) is 23.5. The van der Waals surface area contributed by atoms with Crippen LogP contribution in [0.5, 0.6) is 0 Å². The Bertz CT molecular complexity index is 1590. The highest BCUT2D eigenvalue weighted by molar-refractivity contribution is 6.30. The lowest BCUT2D eigenvalue weighted by atomic mass is 9.90. The lowest BCUT2D eigenvalue weighted by molar-refractivity contribution is 0.00454. The molecule has 3 aromatic heterocycles. The first-order chi connectivity index (χ1) is 18.0. The summed E-state index contributed by atoms with van der Waals surface area (Å²) in [5, 5.41) is 4.83. The van der Waals surface area contributed by atoms with Crippen LogP contribution in [0.25, 0.3) is 16.9 Å². The van der Waals surface area contributed by atoms with Crippen LogP contribution in [-0.4, -0.2) is 30.8 Å². The van der Waals surface area contributed by atoms with Gasteiger partial charge in [0, 0.05) is 46.6 Å². The van der Waals surface area contributed by atoms with Crippen molar-refractivity contribution in [2.75, 3.05) is 6.61 Å². The van der Waals surface area contributed by atoms with Gasteiger partial charge in [0.05, 0.1) is 29.7 Å². The summed E-state index contributed by atoms with van der Waals surface area (Å²) in [4.78, 5) is 23.5. The van der Waals surface area contributed by atoms with Gasteiger partial charge >= 0.3 is 0 Å². The summed E-state index contributed by atoms with van der Waals surface area (Å²) in [5.74, 6) is -0.261. The summed E-state index contributed by atoms with van der Waals surface area (Å²) >= 11 is 6.04. The zero-order valence-corrected chi connectivity index (χ0v) is 21.3. The van der Waals surface area contributed by atoms with E-state index in [2.05, 4.69) is 18.2 Å². The highest BCUT2D eigenvalue weighted by Gasteiger charge is 2.32. The smallest absolute Gasteiger partial charge is 0.261 e. The van der Waals surface area contributed by atoms with Crippen molar-refractivity contribution >= 4 is 17.2 Å². The second-order valence-electron chi connectivity index (χ2n) is 10.6. The highest BCUT2D eigenvalue weighted by Crippen LogP contribution is 2.40. The molecule has 0 spiro atoms. The van der Waals surface area contributed by atoms with Gasteiger partial charge in [0.25, 0.3) is 5.56 Å². The first-order valence-electron chi connectivity index (χ1n) is 13.0. The third-order valence-electron chi connectivity index (χ3n) is 8.05. The van der Waals surface area contributed by atoms with Gasteiger partial charge in [-0.25, -0.2) is 14.4 Å². The highest BCUT2D eigenvalue weighted by atomic mass is 35.5. The molecule has 37 heavy (non-hydrogen) atoms. The number of hydrogen-bond donors (Lipinski definition) is 0. The van der Waals surface area contributed by atoms with E-state index in [-0.39, 0.29) is 29.1 Å². The van der Waals surface area contributed by atoms with Gasteiger partial charge in [0.2, 0.25) is 0 Å². The van der Waals surface area contributed by atoms with Gasteiger partial charge in [0.15, 0.2) is 5.65 Å². The van der Waals surface area contributed by atoms with Crippen LogP contribution in [0.4, 0.5) is 4.39 Å². The topological polar surface area (TPSA) is 74.3 Å². The second-order valence-corrected chi connectivity index (χ2v) is 11.1. The fraction of sp³-hybridized carbons (Fsp3) is 0.429. The van der Waals surface area contributed by atoms with Crippen molar-refractivity contribution in [1.29, 1.82) is 0 Å². The Hall–Kier alpha value is -3.10. The molecule has 4 heterocycles. The number of rotatable bonds is 4. The van der Waals surface area contributed by atoms with Crippen molar-refractivity contribution in [2.24, 2.45) is 0 Å². The molecule has 1 saturated carbocycles. The van der Waals surface area contributed by atoms with Crippen molar-refractivity contribution in [1.82, 2.24) is 24.1 Å². The maximum Gasteiger partial charge on any atom is 0.261 e. The molecule has 2 fully saturated rings. The molecule has 1 saturated heterocycles. The molecule has 1 aliphatic heterocycles. The van der Waals surface area contributed by atoms with Crippen LogP contribution >= 0.6 is 11.6 Å². The summed E-state index contributed by atoms with van der Waals surface area (Å²) in [6, 6.07) is 5.04.